The normalized spacial score (nSPS) is 31.5. The van der Waals surface area contributed by atoms with Crippen molar-refractivity contribution in [2.24, 2.45) is 11.8 Å². The van der Waals surface area contributed by atoms with Gasteiger partial charge in [-0.15, -0.1) is 0 Å². The number of rotatable bonds is 5. The molecule has 1 heterocycles. The van der Waals surface area contributed by atoms with Crippen LogP contribution in [0.5, 0.6) is 0 Å². The van der Waals surface area contributed by atoms with Gasteiger partial charge in [-0.05, 0) is 32.9 Å². The van der Waals surface area contributed by atoms with E-state index in [1.807, 2.05) is 0 Å². The Bertz CT molecular complexity index is 716. The molecule has 2 rings (SSSR count). The molecule has 0 spiro atoms. The Morgan fingerprint density at radius 2 is 2.00 bits per heavy atom. The lowest BCUT2D eigenvalue weighted by atomic mass is 9.79. The van der Waals surface area contributed by atoms with Crippen LogP contribution < -0.4 is 0 Å². The smallest absolute Gasteiger partial charge is 0.374 e. The van der Waals surface area contributed by atoms with Gasteiger partial charge in [0.2, 0.25) is 5.76 Å². The van der Waals surface area contributed by atoms with E-state index in [9.17, 15) is 24.6 Å². The number of hydrogen-bond acceptors (Lipinski definition) is 8. The van der Waals surface area contributed by atoms with Gasteiger partial charge in [0.1, 0.15) is 17.5 Å². The summed E-state index contributed by atoms with van der Waals surface area (Å²) in [6.45, 7) is 4.07. The van der Waals surface area contributed by atoms with Crippen LogP contribution in [0.4, 0.5) is 0 Å². The minimum Gasteiger partial charge on any atom is -0.466 e. The van der Waals surface area contributed by atoms with Gasteiger partial charge in [-0.2, -0.15) is 0 Å². The van der Waals surface area contributed by atoms with E-state index in [0.29, 0.717) is 0 Å². The van der Waals surface area contributed by atoms with E-state index >= 15 is 0 Å². The minimum atomic E-state index is -1.90. The summed E-state index contributed by atoms with van der Waals surface area (Å²) < 4.78 is 14.9. The first-order chi connectivity index (χ1) is 12.2. The van der Waals surface area contributed by atoms with Crippen molar-refractivity contribution in [1.82, 2.24) is 0 Å². The average molecular weight is 366 g/mol. The first kappa shape index (κ1) is 19.9. The summed E-state index contributed by atoms with van der Waals surface area (Å²) in [6.07, 6.45) is -0.264. The van der Waals surface area contributed by atoms with Crippen LogP contribution in [0.15, 0.2) is 34.5 Å². The molecular formula is C18H22O8. The zero-order valence-corrected chi connectivity index (χ0v) is 15.0. The van der Waals surface area contributed by atoms with Crippen LogP contribution in [0.2, 0.25) is 0 Å². The Hall–Kier alpha value is -2.45. The van der Waals surface area contributed by atoms with E-state index in [1.165, 1.54) is 45.4 Å². The molecule has 0 radical (unpaired) electrons. The van der Waals surface area contributed by atoms with Gasteiger partial charge in [-0.3, -0.25) is 4.79 Å². The Kier molecular flexibility index (Phi) is 5.68. The van der Waals surface area contributed by atoms with Gasteiger partial charge in [-0.1, -0.05) is 6.08 Å². The lowest BCUT2D eigenvalue weighted by molar-refractivity contribution is -0.138. The molecule has 1 aliphatic carbocycles. The quantitative estimate of drug-likeness (QED) is 0.581. The van der Waals surface area contributed by atoms with Gasteiger partial charge in [0.25, 0.3) is 0 Å². The Balaban J connectivity index is 2.43. The second-order valence-corrected chi connectivity index (χ2v) is 6.37. The molecule has 1 saturated carbocycles. The van der Waals surface area contributed by atoms with E-state index in [0.717, 1.165) is 0 Å². The first-order valence-electron chi connectivity index (χ1n) is 8.06. The highest BCUT2D eigenvalue weighted by Gasteiger charge is 2.62. The van der Waals surface area contributed by atoms with Gasteiger partial charge in [0.05, 0.1) is 19.3 Å². The number of ketones is 1. The maximum absolute atomic E-state index is 12.2. The van der Waals surface area contributed by atoms with Crippen molar-refractivity contribution in [2.45, 2.75) is 38.6 Å². The highest BCUT2D eigenvalue weighted by Crippen LogP contribution is 2.46. The summed E-state index contributed by atoms with van der Waals surface area (Å²) in [5.74, 6) is -4.47. The Labute approximate surface area is 150 Å². The fraction of sp³-hybridized carbons (Fsp3) is 0.500. The van der Waals surface area contributed by atoms with Crippen LogP contribution in [0.1, 0.15) is 31.3 Å². The molecule has 0 bridgehead atoms. The van der Waals surface area contributed by atoms with Crippen LogP contribution in [0.25, 0.3) is 0 Å². The topological polar surface area (TPSA) is 123 Å². The van der Waals surface area contributed by atoms with Gasteiger partial charge in [0.15, 0.2) is 6.10 Å². The van der Waals surface area contributed by atoms with Crippen molar-refractivity contribution < 1.29 is 38.5 Å². The van der Waals surface area contributed by atoms with Gasteiger partial charge in [0, 0.05) is 11.5 Å². The monoisotopic (exact) mass is 366 g/mol. The number of Topliss-reactive ketones (excluding diaryl/α,β-unsaturated/α-hetero) is 1. The molecule has 2 N–H and O–H groups in total. The van der Waals surface area contributed by atoms with E-state index in [4.69, 9.17) is 13.9 Å². The van der Waals surface area contributed by atoms with E-state index in [1.54, 1.807) is 6.92 Å². The van der Waals surface area contributed by atoms with Gasteiger partial charge >= 0.3 is 11.9 Å². The molecule has 1 aromatic rings. The summed E-state index contributed by atoms with van der Waals surface area (Å²) >= 11 is 0. The number of carbonyl (C=O) groups excluding carboxylic acids is 3. The van der Waals surface area contributed by atoms with E-state index in [2.05, 4.69) is 0 Å². The molecule has 0 aliphatic heterocycles. The zero-order chi connectivity index (χ0) is 19.6. The molecule has 8 nitrogen and oxygen atoms in total. The molecule has 8 heteroatoms. The standard InChI is InChI=1S/C18H22O8/c1-5-10(16(21)24-4)12-13(9(2)19)18(3,23)15(14(12)20)26-17(22)11-7-6-8-25-11/h5-8,12-15,20,23H,1-4H3/b10-5+/t12-,13+,14+,15+,18-/m1/s1. The van der Waals surface area contributed by atoms with Crippen LogP contribution >= 0.6 is 0 Å². The summed E-state index contributed by atoms with van der Waals surface area (Å²) in [4.78, 5) is 36.4. The van der Waals surface area contributed by atoms with Crippen LogP contribution in [-0.4, -0.2) is 52.9 Å². The van der Waals surface area contributed by atoms with Crippen molar-refractivity contribution in [3.05, 3.63) is 35.8 Å². The van der Waals surface area contributed by atoms with Gasteiger partial charge < -0.3 is 24.1 Å². The molecular weight excluding hydrogens is 344 g/mol. The number of ether oxygens (including phenoxy) is 2. The molecule has 26 heavy (non-hydrogen) atoms. The van der Waals surface area contributed by atoms with Crippen molar-refractivity contribution >= 4 is 17.7 Å². The fourth-order valence-electron chi connectivity index (χ4n) is 3.62. The van der Waals surface area contributed by atoms with E-state index in [-0.39, 0.29) is 11.3 Å². The lowest BCUT2D eigenvalue weighted by Gasteiger charge is -2.30. The molecule has 1 aliphatic rings. The molecule has 0 saturated heterocycles. The molecule has 142 valence electrons. The van der Waals surface area contributed by atoms with Crippen molar-refractivity contribution in [3.63, 3.8) is 0 Å². The van der Waals surface area contributed by atoms with Crippen molar-refractivity contribution in [1.29, 1.82) is 0 Å². The largest absolute Gasteiger partial charge is 0.466 e. The second kappa shape index (κ2) is 7.43. The molecule has 0 aromatic carbocycles. The molecule has 5 atom stereocenters. The molecule has 0 unspecified atom stereocenters. The number of aliphatic hydroxyl groups excluding tert-OH is 1. The minimum absolute atomic E-state index is 0.0250. The van der Waals surface area contributed by atoms with Crippen LogP contribution in [0.3, 0.4) is 0 Å². The molecule has 1 aromatic heterocycles. The number of esters is 2. The zero-order valence-electron chi connectivity index (χ0n) is 15.0. The summed E-state index contributed by atoms with van der Waals surface area (Å²) in [5.41, 5.74) is -1.88. The first-order valence-corrected chi connectivity index (χ1v) is 8.06. The Morgan fingerprint density at radius 1 is 1.35 bits per heavy atom. The molecule has 1 fully saturated rings. The average Bonchev–Trinajstić information content (AvgIpc) is 3.17. The van der Waals surface area contributed by atoms with Crippen LogP contribution in [0, 0.1) is 11.8 Å². The fourth-order valence-corrected chi connectivity index (χ4v) is 3.62. The summed E-state index contributed by atoms with van der Waals surface area (Å²) in [7, 11) is 1.17. The SMILES string of the molecule is C/C=C(/C(=O)OC)[C@H]1[C@H](O)[C@H](OC(=O)c2ccco2)[C@](C)(O)[C@H]1C(C)=O. The predicted molar refractivity (Wildman–Crippen MR) is 88.0 cm³/mol. The highest BCUT2D eigenvalue weighted by molar-refractivity contribution is 5.92. The third-order valence-corrected chi connectivity index (χ3v) is 4.73. The summed E-state index contributed by atoms with van der Waals surface area (Å²) in [5, 5.41) is 21.6. The number of carbonyl (C=O) groups is 3. The lowest BCUT2D eigenvalue weighted by Crippen LogP contribution is -2.47. The molecule has 0 amide bonds. The second-order valence-electron chi connectivity index (χ2n) is 6.37. The maximum Gasteiger partial charge on any atom is 0.374 e. The number of methoxy groups -OCH3 is 1. The maximum atomic E-state index is 12.2. The number of furan rings is 1. The van der Waals surface area contributed by atoms with Gasteiger partial charge in [-0.25, -0.2) is 9.59 Å². The third-order valence-electron chi connectivity index (χ3n) is 4.73. The number of allylic oxidation sites excluding steroid dienone is 1. The number of aliphatic hydroxyl groups is 2. The third kappa shape index (κ3) is 3.30. The Morgan fingerprint density at radius 3 is 2.46 bits per heavy atom. The van der Waals surface area contributed by atoms with Crippen LogP contribution in [-0.2, 0) is 19.1 Å². The highest BCUT2D eigenvalue weighted by atomic mass is 16.6. The van der Waals surface area contributed by atoms with E-state index < -0.39 is 47.4 Å². The van der Waals surface area contributed by atoms with Crippen molar-refractivity contribution in [2.75, 3.05) is 7.11 Å². The van der Waals surface area contributed by atoms with Crippen molar-refractivity contribution in [3.8, 4) is 0 Å². The summed E-state index contributed by atoms with van der Waals surface area (Å²) in [6, 6.07) is 2.85. The number of hydrogen-bond donors (Lipinski definition) is 2. The predicted octanol–water partition coefficient (Wildman–Crippen LogP) is 0.871.